The molecule has 154 valence electrons. The van der Waals surface area contributed by atoms with Crippen molar-refractivity contribution in [2.24, 2.45) is 0 Å². The van der Waals surface area contributed by atoms with Gasteiger partial charge in [0.2, 0.25) is 0 Å². The van der Waals surface area contributed by atoms with Crippen LogP contribution in [-0.2, 0) is 6.54 Å². The number of rotatable bonds is 8. The van der Waals surface area contributed by atoms with Crippen LogP contribution < -0.4 is 4.74 Å². The van der Waals surface area contributed by atoms with Crippen LogP contribution in [0.4, 0.5) is 0 Å². The van der Waals surface area contributed by atoms with Crippen LogP contribution >= 0.6 is 0 Å². The Morgan fingerprint density at radius 3 is 2.62 bits per heavy atom. The summed E-state index contributed by atoms with van der Waals surface area (Å²) in [4.78, 5) is 18.5. The largest absolute Gasteiger partial charge is 0.492 e. The second-order valence-corrected chi connectivity index (χ2v) is 8.00. The number of pyridine rings is 1. The van der Waals surface area contributed by atoms with E-state index in [-0.39, 0.29) is 11.6 Å². The van der Waals surface area contributed by atoms with Gasteiger partial charge >= 0.3 is 5.97 Å². The molecule has 3 rings (SSSR count). The second kappa shape index (κ2) is 8.66. The molecule has 0 amide bonds. The van der Waals surface area contributed by atoms with Gasteiger partial charge in [0.1, 0.15) is 18.1 Å². The van der Waals surface area contributed by atoms with Gasteiger partial charge in [0.25, 0.3) is 0 Å². The van der Waals surface area contributed by atoms with Crippen LogP contribution in [0.25, 0.3) is 10.9 Å². The Hall–Kier alpha value is -2.86. The van der Waals surface area contributed by atoms with Gasteiger partial charge in [0.05, 0.1) is 17.8 Å². The number of aromatic nitrogens is 2. The van der Waals surface area contributed by atoms with E-state index in [0.29, 0.717) is 13.2 Å². The highest BCUT2D eigenvalue weighted by Gasteiger charge is 2.20. The summed E-state index contributed by atoms with van der Waals surface area (Å²) < 4.78 is 7.81. The molecule has 1 N–H and O–H groups in total. The average Bonchev–Trinajstić information content (AvgIpc) is 2.99. The predicted molar refractivity (Wildman–Crippen MR) is 115 cm³/mol. The summed E-state index contributed by atoms with van der Waals surface area (Å²) in [5, 5.41) is 10.7. The first-order chi connectivity index (χ1) is 13.8. The minimum absolute atomic E-state index is 0.218. The summed E-state index contributed by atoms with van der Waals surface area (Å²) in [6, 6.07) is 9.63. The Balaban J connectivity index is 2.11. The van der Waals surface area contributed by atoms with Gasteiger partial charge in [0, 0.05) is 18.1 Å². The summed E-state index contributed by atoms with van der Waals surface area (Å²) in [5.74, 6) is 0.0418. The highest BCUT2D eigenvalue weighted by atomic mass is 16.5. The van der Waals surface area contributed by atoms with Crippen molar-refractivity contribution >= 4 is 16.9 Å². The maximum absolute atomic E-state index is 12.0. The third kappa shape index (κ3) is 4.77. The van der Waals surface area contributed by atoms with Crippen LogP contribution in [0, 0.1) is 6.92 Å². The molecule has 2 aromatic heterocycles. The number of nitrogens with zero attached hydrogens (tertiary/aromatic N) is 3. The highest BCUT2D eigenvalue weighted by molar-refractivity contribution is 5.96. The Morgan fingerprint density at radius 1 is 1.24 bits per heavy atom. The van der Waals surface area contributed by atoms with E-state index in [2.05, 4.69) is 23.7 Å². The van der Waals surface area contributed by atoms with E-state index in [9.17, 15) is 9.90 Å². The van der Waals surface area contributed by atoms with Gasteiger partial charge in [-0.05, 0) is 68.4 Å². The lowest BCUT2D eigenvalue weighted by atomic mass is 10.00. The molecule has 3 aromatic rings. The summed E-state index contributed by atoms with van der Waals surface area (Å²) in [5.41, 5.74) is 4.20. The Bertz CT molecular complexity index is 1020. The molecule has 0 bridgehead atoms. The number of carbonyl (C=O) groups is 1. The molecule has 6 nitrogen and oxygen atoms in total. The normalized spacial score (nSPS) is 11.6. The van der Waals surface area contributed by atoms with E-state index in [0.717, 1.165) is 40.0 Å². The van der Waals surface area contributed by atoms with Crippen molar-refractivity contribution in [1.82, 2.24) is 14.5 Å². The second-order valence-electron chi connectivity index (χ2n) is 8.00. The van der Waals surface area contributed by atoms with Crippen LogP contribution in [0.2, 0.25) is 0 Å². The predicted octanol–water partition coefficient (Wildman–Crippen LogP) is 4.16. The number of ether oxygens (including phenoxy) is 1. The molecule has 6 heteroatoms. The third-order valence-electron chi connectivity index (χ3n) is 4.94. The van der Waals surface area contributed by atoms with Crippen molar-refractivity contribution < 1.29 is 14.6 Å². The van der Waals surface area contributed by atoms with Gasteiger partial charge in [0.15, 0.2) is 0 Å². The SMILES string of the molecule is Cc1ccnc(Cn2c(C(=O)O)cc3cc(OCCN(C)C)cc(C(C)C)c32)c1. The smallest absolute Gasteiger partial charge is 0.352 e. The molecule has 0 aliphatic carbocycles. The van der Waals surface area contributed by atoms with Crippen LogP contribution in [0.1, 0.15) is 47.1 Å². The van der Waals surface area contributed by atoms with Gasteiger partial charge in [-0.25, -0.2) is 4.79 Å². The topological polar surface area (TPSA) is 67.6 Å². The zero-order valence-electron chi connectivity index (χ0n) is 17.8. The van der Waals surface area contributed by atoms with Crippen molar-refractivity contribution in [3.8, 4) is 5.75 Å². The molecule has 0 fully saturated rings. The monoisotopic (exact) mass is 395 g/mol. The number of likely N-dealkylation sites (N-methyl/N-ethyl adjacent to an activating group) is 1. The fourth-order valence-electron chi connectivity index (χ4n) is 3.48. The molecule has 1 aromatic carbocycles. The fraction of sp³-hybridized carbons (Fsp3) is 0.391. The number of carboxylic acids is 1. The maximum atomic E-state index is 12.0. The first-order valence-electron chi connectivity index (χ1n) is 9.85. The molecule has 29 heavy (non-hydrogen) atoms. The number of hydrogen-bond donors (Lipinski definition) is 1. The Morgan fingerprint density at radius 2 is 2.00 bits per heavy atom. The average molecular weight is 396 g/mol. The molecule has 0 saturated heterocycles. The number of fused-ring (bicyclic) bond motifs is 1. The van der Waals surface area contributed by atoms with E-state index < -0.39 is 5.97 Å². The summed E-state index contributed by atoms with van der Waals surface area (Å²) in [6.07, 6.45) is 1.76. The number of benzene rings is 1. The quantitative estimate of drug-likeness (QED) is 0.620. The lowest BCUT2D eigenvalue weighted by Crippen LogP contribution is -2.19. The molecule has 2 heterocycles. The summed E-state index contributed by atoms with van der Waals surface area (Å²) in [7, 11) is 4.01. The first-order valence-corrected chi connectivity index (χ1v) is 9.85. The molecular formula is C23H29N3O3. The number of carboxylic acid groups (broad SMARTS) is 1. The molecule has 0 unspecified atom stereocenters. The summed E-state index contributed by atoms with van der Waals surface area (Å²) >= 11 is 0. The van der Waals surface area contributed by atoms with Crippen LogP contribution in [-0.4, -0.2) is 52.8 Å². The maximum Gasteiger partial charge on any atom is 0.352 e. The van der Waals surface area contributed by atoms with Gasteiger partial charge in [-0.2, -0.15) is 0 Å². The Kier molecular flexibility index (Phi) is 6.23. The molecular weight excluding hydrogens is 366 g/mol. The molecule has 0 saturated carbocycles. The molecule has 0 aliphatic rings. The van der Waals surface area contributed by atoms with Crippen LogP contribution in [0.5, 0.6) is 5.75 Å². The van der Waals surface area contributed by atoms with Gasteiger partial charge < -0.3 is 19.3 Å². The zero-order valence-corrected chi connectivity index (χ0v) is 17.8. The van der Waals surface area contributed by atoms with Crippen LogP contribution in [0.3, 0.4) is 0 Å². The highest BCUT2D eigenvalue weighted by Crippen LogP contribution is 2.33. The molecule has 0 spiro atoms. The molecule has 0 radical (unpaired) electrons. The van der Waals surface area contributed by atoms with E-state index in [1.807, 2.05) is 49.9 Å². The molecule has 0 aliphatic heterocycles. The van der Waals surface area contributed by atoms with Gasteiger partial charge in [-0.15, -0.1) is 0 Å². The third-order valence-corrected chi connectivity index (χ3v) is 4.94. The van der Waals surface area contributed by atoms with Gasteiger partial charge in [-0.3, -0.25) is 4.98 Å². The van der Waals surface area contributed by atoms with E-state index in [4.69, 9.17) is 4.74 Å². The van der Waals surface area contributed by atoms with E-state index in [1.54, 1.807) is 12.3 Å². The number of aryl methyl sites for hydroxylation is 1. The van der Waals surface area contributed by atoms with Crippen molar-refractivity contribution in [1.29, 1.82) is 0 Å². The van der Waals surface area contributed by atoms with Gasteiger partial charge in [-0.1, -0.05) is 13.8 Å². The Labute approximate surface area is 171 Å². The lowest BCUT2D eigenvalue weighted by molar-refractivity contribution is 0.0686. The van der Waals surface area contributed by atoms with Crippen molar-refractivity contribution in [2.45, 2.75) is 33.2 Å². The standard InChI is InChI=1S/C23H29N3O3/c1-15(2)20-13-19(29-9-8-25(4)5)11-17-12-21(23(27)28)26(22(17)20)14-18-10-16(3)6-7-24-18/h6-7,10-13,15H,8-9,14H2,1-5H3,(H,27,28). The lowest BCUT2D eigenvalue weighted by Gasteiger charge is -2.16. The van der Waals surface area contributed by atoms with Crippen molar-refractivity contribution in [2.75, 3.05) is 27.2 Å². The number of aromatic carboxylic acids is 1. The molecule has 0 atom stereocenters. The minimum atomic E-state index is -0.946. The summed E-state index contributed by atoms with van der Waals surface area (Å²) in [6.45, 7) is 8.04. The van der Waals surface area contributed by atoms with E-state index in [1.165, 1.54) is 0 Å². The van der Waals surface area contributed by atoms with Crippen LogP contribution in [0.15, 0.2) is 36.5 Å². The van der Waals surface area contributed by atoms with E-state index >= 15 is 0 Å². The first kappa shape index (κ1) is 20.9. The van der Waals surface area contributed by atoms with Crippen molar-refractivity contribution in [3.05, 3.63) is 59.0 Å². The minimum Gasteiger partial charge on any atom is -0.492 e. The number of hydrogen-bond acceptors (Lipinski definition) is 4. The zero-order chi connectivity index (χ0) is 21.1. The van der Waals surface area contributed by atoms with Crippen molar-refractivity contribution in [3.63, 3.8) is 0 Å². The fourth-order valence-corrected chi connectivity index (χ4v) is 3.48.